The number of aromatic nitrogens is 4. The number of anilines is 2. The predicted molar refractivity (Wildman–Crippen MR) is 112 cm³/mol. The molecule has 0 bridgehead atoms. The van der Waals surface area contributed by atoms with Gasteiger partial charge in [-0.05, 0) is 42.9 Å². The van der Waals surface area contributed by atoms with Crippen molar-refractivity contribution in [3.8, 4) is 0 Å². The number of carbonyl (C=O) groups is 1. The van der Waals surface area contributed by atoms with E-state index in [2.05, 4.69) is 34.1 Å². The van der Waals surface area contributed by atoms with Crippen molar-refractivity contribution < 1.29 is 4.79 Å². The third kappa shape index (κ3) is 4.01. The van der Waals surface area contributed by atoms with Crippen LogP contribution in [0.4, 0.5) is 11.5 Å². The second kappa shape index (κ2) is 8.06. The maximum Gasteiger partial charge on any atom is 0.350 e. The first-order valence-electron chi connectivity index (χ1n) is 10.1. The van der Waals surface area contributed by atoms with Crippen LogP contribution in [-0.2, 0) is 17.8 Å². The van der Waals surface area contributed by atoms with Crippen molar-refractivity contribution in [3.63, 3.8) is 0 Å². The monoisotopic (exact) mass is 394 g/mol. The Morgan fingerprint density at radius 3 is 2.79 bits per heavy atom. The number of benzene rings is 1. The lowest BCUT2D eigenvalue weighted by Gasteiger charge is -2.31. The van der Waals surface area contributed by atoms with Gasteiger partial charge in [0.2, 0.25) is 11.6 Å². The molecule has 0 radical (unpaired) electrons. The van der Waals surface area contributed by atoms with Gasteiger partial charge in [0.15, 0.2) is 5.82 Å². The number of nitrogens with zero attached hydrogens (tertiary/aromatic N) is 5. The number of rotatable bonds is 5. The number of piperidine rings is 1. The highest BCUT2D eigenvalue weighted by molar-refractivity contribution is 5.90. The molecule has 1 aliphatic heterocycles. The summed E-state index contributed by atoms with van der Waals surface area (Å²) >= 11 is 0. The number of nitrogens with one attached hydrogen (secondary N) is 1. The second-order valence-corrected chi connectivity index (χ2v) is 7.68. The van der Waals surface area contributed by atoms with Gasteiger partial charge in [-0.1, -0.05) is 26.0 Å². The quantitative estimate of drug-likeness (QED) is 0.718. The lowest BCUT2D eigenvalue weighted by molar-refractivity contribution is -0.117. The Kier molecular flexibility index (Phi) is 5.33. The first kappa shape index (κ1) is 19.2. The third-order valence-corrected chi connectivity index (χ3v) is 5.38. The van der Waals surface area contributed by atoms with Crippen LogP contribution < -0.4 is 15.9 Å². The van der Waals surface area contributed by atoms with Crippen molar-refractivity contribution in [1.29, 1.82) is 0 Å². The highest BCUT2D eigenvalue weighted by Gasteiger charge is 2.22. The van der Waals surface area contributed by atoms with Crippen LogP contribution in [0, 0.1) is 5.92 Å². The van der Waals surface area contributed by atoms with E-state index in [1.54, 1.807) is 12.4 Å². The molecule has 1 amide bonds. The maximum absolute atomic E-state index is 12.7. The maximum atomic E-state index is 12.7. The molecule has 0 unspecified atom stereocenters. The molecule has 4 rings (SSSR count). The normalized spacial score (nSPS) is 16.9. The van der Waals surface area contributed by atoms with Gasteiger partial charge >= 0.3 is 5.69 Å². The van der Waals surface area contributed by atoms with Crippen LogP contribution in [0.5, 0.6) is 0 Å². The molecule has 1 aliphatic rings. The highest BCUT2D eigenvalue weighted by atomic mass is 16.2. The number of hydrogen-bond acceptors (Lipinski definition) is 5. The fraction of sp³-hybridized carbons (Fsp3) is 0.429. The van der Waals surface area contributed by atoms with Crippen LogP contribution in [0.25, 0.3) is 5.65 Å². The smallest absolute Gasteiger partial charge is 0.350 e. The van der Waals surface area contributed by atoms with Gasteiger partial charge in [0.25, 0.3) is 0 Å². The Balaban J connectivity index is 1.56. The Morgan fingerprint density at radius 2 is 2.07 bits per heavy atom. The van der Waals surface area contributed by atoms with Crippen molar-refractivity contribution in [2.45, 2.75) is 39.7 Å². The average Bonchev–Trinajstić information content (AvgIpc) is 3.04. The van der Waals surface area contributed by atoms with E-state index in [1.165, 1.54) is 21.1 Å². The summed E-state index contributed by atoms with van der Waals surface area (Å²) in [5.41, 5.74) is 2.05. The number of fused-ring (bicyclic) bond motifs is 1. The Hall–Kier alpha value is -3.16. The van der Waals surface area contributed by atoms with Crippen molar-refractivity contribution in [3.05, 3.63) is 52.7 Å². The molecule has 152 valence electrons. The summed E-state index contributed by atoms with van der Waals surface area (Å²) in [6.45, 7) is 5.94. The molecule has 1 N–H and O–H groups in total. The van der Waals surface area contributed by atoms with Gasteiger partial charge in [-0.3, -0.25) is 4.79 Å². The molecule has 29 heavy (non-hydrogen) atoms. The average molecular weight is 394 g/mol. The summed E-state index contributed by atoms with van der Waals surface area (Å²) in [5.74, 6) is 0.982. The van der Waals surface area contributed by atoms with E-state index in [1.807, 2.05) is 24.3 Å². The minimum atomic E-state index is -0.342. The van der Waals surface area contributed by atoms with Crippen molar-refractivity contribution >= 4 is 23.1 Å². The topological polar surface area (TPSA) is 84.5 Å². The zero-order valence-electron chi connectivity index (χ0n) is 16.8. The molecular weight excluding hydrogens is 368 g/mol. The molecule has 2 aromatic heterocycles. The largest absolute Gasteiger partial charge is 0.353 e. The van der Waals surface area contributed by atoms with Crippen LogP contribution in [-0.4, -0.2) is 38.2 Å². The van der Waals surface area contributed by atoms with Gasteiger partial charge in [-0.15, -0.1) is 5.10 Å². The van der Waals surface area contributed by atoms with Gasteiger partial charge in [0.05, 0.1) is 0 Å². The molecule has 1 saturated heterocycles. The summed E-state index contributed by atoms with van der Waals surface area (Å²) in [5, 5.41) is 7.25. The predicted octanol–water partition coefficient (Wildman–Crippen LogP) is 2.33. The van der Waals surface area contributed by atoms with Gasteiger partial charge < -0.3 is 10.2 Å². The number of amides is 1. The molecule has 0 spiro atoms. The standard InChI is InChI=1S/C21H26N6O2/c1-3-16-6-8-17(9-7-16)23-18(28)14-27-21(29)26-12-10-22-19(20(26)24-27)25-11-4-5-15(2)13-25/h6-10,12,15H,3-5,11,13-14H2,1-2H3,(H,23,28)/t15-/m1/s1. The molecule has 8 heteroatoms. The molecule has 1 aromatic carbocycles. The molecule has 1 fully saturated rings. The summed E-state index contributed by atoms with van der Waals surface area (Å²) < 4.78 is 2.66. The third-order valence-electron chi connectivity index (χ3n) is 5.38. The van der Waals surface area contributed by atoms with Crippen molar-refractivity contribution in [1.82, 2.24) is 19.2 Å². The SMILES string of the molecule is CCc1ccc(NC(=O)Cn2nc3c(N4CCC[C@@H](C)C4)nccn3c2=O)cc1. The fourth-order valence-electron chi connectivity index (χ4n) is 3.80. The van der Waals surface area contributed by atoms with Crippen LogP contribution in [0.2, 0.25) is 0 Å². The van der Waals surface area contributed by atoms with Crippen molar-refractivity contribution in [2.75, 3.05) is 23.3 Å². The Labute approximate surface area is 169 Å². The number of carbonyl (C=O) groups excluding carboxylic acids is 1. The van der Waals surface area contributed by atoms with Gasteiger partial charge in [0, 0.05) is 31.2 Å². The Morgan fingerprint density at radius 1 is 1.28 bits per heavy atom. The minimum Gasteiger partial charge on any atom is -0.353 e. The lowest BCUT2D eigenvalue weighted by atomic mass is 10.0. The summed E-state index contributed by atoms with van der Waals surface area (Å²) in [6, 6.07) is 7.68. The minimum absolute atomic E-state index is 0.147. The van der Waals surface area contributed by atoms with E-state index in [0.29, 0.717) is 23.1 Å². The molecular formula is C21H26N6O2. The van der Waals surface area contributed by atoms with E-state index in [4.69, 9.17) is 0 Å². The Bertz CT molecular complexity index is 1070. The molecule has 8 nitrogen and oxygen atoms in total. The summed E-state index contributed by atoms with van der Waals surface area (Å²) in [6.07, 6.45) is 6.44. The molecule has 3 heterocycles. The van der Waals surface area contributed by atoms with Gasteiger partial charge in [-0.25, -0.2) is 18.9 Å². The fourth-order valence-corrected chi connectivity index (χ4v) is 3.80. The molecule has 0 saturated carbocycles. The number of aryl methyl sites for hydroxylation is 1. The van der Waals surface area contributed by atoms with Crippen molar-refractivity contribution in [2.24, 2.45) is 5.92 Å². The highest BCUT2D eigenvalue weighted by Crippen LogP contribution is 2.23. The van der Waals surface area contributed by atoms with E-state index in [0.717, 1.165) is 25.9 Å². The molecule has 1 atom stereocenters. The first-order valence-corrected chi connectivity index (χ1v) is 10.1. The number of hydrogen-bond donors (Lipinski definition) is 1. The van der Waals surface area contributed by atoms with Gasteiger partial charge in [-0.2, -0.15) is 0 Å². The van der Waals surface area contributed by atoms with E-state index in [9.17, 15) is 9.59 Å². The van der Waals surface area contributed by atoms with Crippen LogP contribution in [0.1, 0.15) is 32.3 Å². The lowest BCUT2D eigenvalue weighted by Crippen LogP contribution is -2.35. The molecule has 3 aromatic rings. The van der Waals surface area contributed by atoms with Crippen LogP contribution in [0.3, 0.4) is 0 Å². The molecule has 0 aliphatic carbocycles. The summed E-state index contributed by atoms with van der Waals surface area (Å²) in [7, 11) is 0. The van der Waals surface area contributed by atoms with E-state index in [-0.39, 0.29) is 18.1 Å². The second-order valence-electron chi connectivity index (χ2n) is 7.68. The van der Waals surface area contributed by atoms with Crippen LogP contribution in [0.15, 0.2) is 41.5 Å². The zero-order valence-corrected chi connectivity index (χ0v) is 16.8. The first-order chi connectivity index (χ1) is 14.0. The van der Waals surface area contributed by atoms with Gasteiger partial charge in [0.1, 0.15) is 6.54 Å². The van der Waals surface area contributed by atoms with Crippen LogP contribution >= 0.6 is 0 Å². The summed E-state index contributed by atoms with van der Waals surface area (Å²) in [4.78, 5) is 31.8. The zero-order chi connectivity index (χ0) is 20.4. The van der Waals surface area contributed by atoms with E-state index >= 15 is 0 Å². The van der Waals surface area contributed by atoms with E-state index < -0.39 is 0 Å².